The third kappa shape index (κ3) is 5.55. The maximum Gasteiger partial charge on any atom is 0.331 e. The van der Waals surface area contributed by atoms with Crippen LogP contribution in [0.5, 0.6) is 5.75 Å². The predicted molar refractivity (Wildman–Crippen MR) is 80.8 cm³/mol. The molecule has 0 saturated heterocycles. The van der Waals surface area contributed by atoms with Crippen molar-refractivity contribution in [2.24, 2.45) is 0 Å². The van der Waals surface area contributed by atoms with Gasteiger partial charge in [-0.25, -0.2) is 9.18 Å². The number of ether oxygens (including phenoxy) is 2. The van der Waals surface area contributed by atoms with Crippen LogP contribution in [0.1, 0.15) is 26.3 Å². The van der Waals surface area contributed by atoms with Gasteiger partial charge in [-0.2, -0.15) is 0 Å². The lowest BCUT2D eigenvalue weighted by Gasteiger charge is -2.14. The third-order valence-electron chi connectivity index (χ3n) is 2.68. The molecule has 120 valence electrons. The molecule has 0 aromatic heterocycles. The van der Waals surface area contributed by atoms with E-state index in [1.54, 1.807) is 6.07 Å². The van der Waals surface area contributed by atoms with Gasteiger partial charge >= 0.3 is 5.97 Å². The molecule has 0 unspecified atom stereocenters. The summed E-state index contributed by atoms with van der Waals surface area (Å²) in [6.07, 6.45) is 1.64. The molecule has 0 bridgehead atoms. The summed E-state index contributed by atoms with van der Waals surface area (Å²) < 4.78 is 23.2. The predicted octanol–water partition coefficient (Wildman–Crippen LogP) is 2.30. The van der Waals surface area contributed by atoms with Crippen LogP contribution in [0.25, 0.3) is 6.08 Å². The van der Waals surface area contributed by atoms with E-state index in [9.17, 15) is 14.0 Å². The van der Waals surface area contributed by atoms with Gasteiger partial charge in [0, 0.05) is 12.1 Å². The Morgan fingerprint density at radius 3 is 2.50 bits per heavy atom. The lowest BCUT2D eigenvalue weighted by atomic mass is 10.2. The zero-order valence-corrected chi connectivity index (χ0v) is 13.1. The maximum absolute atomic E-state index is 13.5. The summed E-state index contributed by atoms with van der Waals surface area (Å²) in [6.45, 7) is 5.10. The number of amides is 1. The van der Waals surface area contributed by atoms with Crippen molar-refractivity contribution < 1.29 is 23.5 Å². The van der Waals surface area contributed by atoms with Crippen LogP contribution in [-0.2, 0) is 14.3 Å². The van der Waals surface area contributed by atoms with Crippen molar-refractivity contribution >= 4 is 18.0 Å². The molecule has 22 heavy (non-hydrogen) atoms. The Kier molecular flexibility index (Phi) is 6.56. The smallest absolute Gasteiger partial charge is 0.331 e. The largest absolute Gasteiger partial charge is 0.494 e. The molecule has 0 saturated carbocycles. The van der Waals surface area contributed by atoms with E-state index in [2.05, 4.69) is 5.32 Å². The summed E-state index contributed by atoms with van der Waals surface area (Å²) in [5.41, 5.74) is 0.481. The van der Waals surface area contributed by atoms with Crippen molar-refractivity contribution in [1.82, 2.24) is 5.32 Å². The van der Waals surface area contributed by atoms with E-state index >= 15 is 0 Å². The second-order valence-electron chi connectivity index (χ2n) is 4.97. The molecule has 0 aliphatic rings. The summed E-state index contributed by atoms with van der Waals surface area (Å²) in [5, 5.41) is 2.64. The molecular weight excluding hydrogens is 289 g/mol. The van der Waals surface area contributed by atoms with Crippen LogP contribution in [0.2, 0.25) is 0 Å². The van der Waals surface area contributed by atoms with Gasteiger partial charge in [-0.05, 0) is 44.5 Å². The lowest BCUT2D eigenvalue weighted by molar-refractivity contribution is -0.150. The van der Waals surface area contributed by atoms with Crippen molar-refractivity contribution in [2.75, 3.05) is 7.11 Å². The molecule has 0 heterocycles. The third-order valence-corrected chi connectivity index (χ3v) is 2.68. The van der Waals surface area contributed by atoms with Gasteiger partial charge in [0.25, 0.3) is 5.91 Å². The molecule has 1 aromatic rings. The Hall–Kier alpha value is -2.37. The topological polar surface area (TPSA) is 64.6 Å². The number of rotatable bonds is 6. The number of hydrogen-bond acceptors (Lipinski definition) is 4. The summed E-state index contributed by atoms with van der Waals surface area (Å²) in [6, 6.07) is 4.25. The second kappa shape index (κ2) is 8.17. The van der Waals surface area contributed by atoms with E-state index in [4.69, 9.17) is 9.47 Å². The molecule has 0 fully saturated rings. The van der Waals surface area contributed by atoms with Crippen LogP contribution < -0.4 is 10.1 Å². The van der Waals surface area contributed by atoms with Gasteiger partial charge in [0.05, 0.1) is 7.11 Å². The zero-order valence-electron chi connectivity index (χ0n) is 13.1. The van der Waals surface area contributed by atoms with Crippen molar-refractivity contribution in [1.29, 1.82) is 0 Å². The molecule has 1 N–H and O–H groups in total. The van der Waals surface area contributed by atoms with Gasteiger partial charge in [-0.15, -0.1) is 0 Å². The van der Waals surface area contributed by atoms with Crippen molar-refractivity contribution in [3.63, 3.8) is 0 Å². The number of methoxy groups -OCH3 is 1. The van der Waals surface area contributed by atoms with E-state index in [1.165, 1.54) is 32.2 Å². The Labute approximate surface area is 129 Å². The van der Waals surface area contributed by atoms with Crippen molar-refractivity contribution in [3.05, 3.63) is 35.7 Å². The van der Waals surface area contributed by atoms with Gasteiger partial charge in [-0.1, -0.05) is 6.07 Å². The van der Waals surface area contributed by atoms with Gasteiger partial charge in [0.2, 0.25) is 0 Å². The molecule has 6 heteroatoms. The van der Waals surface area contributed by atoms with Crippen LogP contribution in [-0.4, -0.2) is 31.1 Å². The molecule has 0 radical (unpaired) electrons. The van der Waals surface area contributed by atoms with Crippen LogP contribution in [0.3, 0.4) is 0 Å². The molecule has 0 aliphatic heterocycles. The summed E-state index contributed by atoms with van der Waals surface area (Å²) in [5.74, 6) is -1.45. The average molecular weight is 309 g/mol. The number of hydrogen-bond donors (Lipinski definition) is 1. The fourth-order valence-electron chi connectivity index (χ4n) is 1.62. The van der Waals surface area contributed by atoms with Gasteiger partial charge in [0.15, 0.2) is 17.7 Å². The molecular formula is C16H20FNO4. The molecule has 1 rings (SSSR count). The summed E-state index contributed by atoms with van der Waals surface area (Å²) in [7, 11) is 1.37. The van der Waals surface area contributed by atoms with Crippen LogP contribution in [0.4, 0.5) is 4.39 Å². The highest BCUT2D eigenvalue weighted by Gasteiger charge is 2.16. The molecule has 0 spiro atoms. The average Bonchev–Trinajstić information content (AvgIpc) is 2.44. The van der Waals surface area contributed by atoms with Crippen LogP contribution in [0, 0.1) is 5.82 Å². The fraction of sp³-hybridized carbons (Fsp3) is 0.375. The minimum atomic E-state index is -0.896. The Balaban J connectivity index is 2.61. The highest BCUT2D eigenvalue weighted by Crippen LogP contribution is 2.18. The first-order valence-electron chi connectivity index (χ1n) is 6.86. The molecule has 1 aromatic carbocycles. The number of halogens is 1. The number of benzene rings is 1. The van der Waals surface area contributed by atoms with E-state index < -0.39 is 17.9 Å². The molecule has 1 amide bonds. The zero-order chi connectivity index (χ0) is 16.7. The SMILES string of the molecule is COc1ccc(/C=C/C(=O)O[C@H](C)C(=O)NC(C)C)cc1F. The first-order valence-corrected chi connectivity index (χ1v) is 6.86. The Morgan fingerprint density at radius 1 is 1.27 bits per heavy atom. The maximum atomic E-state index is 13.5. The van der Waals surface area contributed by atoms with Crippen LogP contribution >= 0.6 is 0 Å². The normalized spacial score (nSPS) is 12.3. The minimum absolute atomic E-state index is 0.0357. The monoisotopic (exact) mass is 309 g/mol. The quantitative estimate of drug-likeness (QED) is 0.647. The molecule has 5 nitrogen and oxygen atoms in total. The van der Waals surface area contributed by atoms with Crippen LogP contribution in [0.15, 0.2) is 24.3 Å². The number of nitrogens with one attached hydrogen (secondary N) is 1. The Bertz CT molecular complexity index is 569. The fourth-order valence-corrected chi connectivity index (χ4v) is 1.62. The summed E-state index contributed by atoms with van der Waals surface area (Å²) in [4.78, 5) is 23.2. The molecule has 0 aliphatic carbocycles. The van der Waals surface area contributed by atoms with E-state index in [-0.39, 0.29) is 17.7 Å². The first-order chi connectivity index (χ1) is 10.3. The number of carbonyl (C=O) groups is 2. The van der Waals surface area contributed by atoms with E-state index in [0.29, 0.717) is 5.56 Å². The highest BCUT2D eigenvalue weighted by atomic mass is 19.1. The van der Waals surface area contributed by atoms with E-state index in [0.717, 1.165) is 6.08 Å². The number of esters is 1. The highest BCUT2D eigenvalue weighted by molar-refractivity contribution is 5.90. The lowest BCUT2D eigenvalue weighted by Crippen LogP contribution is -2.39. The Morgan fingerprint density at radius 2 is 1.95 bits per heavy atom. The van der Waals surface area contributed by atoms with Crippen molar-refractivity contribution in [3.8, 4) is 5.75 Å². The standard InChI is InChI=1S/C16H20FNO4/c1-10(2)18-16(20)11(3)22-15(19)8-6-12-5-7-14(21-4)13(17)9-12/h5-11H,1-4H3,(H,18,20)/b8-6+/t11-/m1/s1. The van der Waals surface area contributed by atoms with Crippen molar-refractivity contribution in [2.45, 2.75) is 32.9 Å². The molecule has 1 atom stereocenters. The van der Waals surface area contributed by atoms with Gasteiger partial charge < -0.3 is 14.8 Å². The summed E-state index contributed by atoms with van der Waals surface area (Å²) >= 11 is 0. The van der Waals surface area contributed by atoms with E-state index in [1.807, 2.05) is 13.8 Å². The first kappa shape index (κ1) is 17.7. The minimum Gasteiger partial charge on any atom is -0.494 e. The van der Waals surface area contributed by atoms with Gasteiger partial charge in [0.1, 0.15) is 0 Å². The number of carbonyl (C=O) groups excluding carboxylic acids is 2. The second-order valence-corrected chi connectivity index (χ2v) is 4.97. The van der Waals surface area contributed by atoms with Gasteiger partial charge in [-0.3, -0.25) is 4.79 Å².